The van der Waals surface area contributed by atoms with Crippen molar-refractivity contribution in [2.24, 2.45) is 0 Å². The number of carboxylic acid groups (broad SMARTS) is 1. The Morgan fingerprint density at radius 3 is 2.52 bits per heavy atom. The normalized spacial score (nSPS) is 24.0. The number of hydrogen-bond donors (Lipinski definition) is 2. The molecule has 0 radical (unpaired) electrons. The maximum absolute atomic E-state index is 12.3. The van der Waals surface area contributed by atoms with Crippen LogP contribution in [0.2, 0.25) is 0 Å². The quantitative estimate of drug-likeness (QED) is 0.855. The Hall–Kier alpha value is -1.60. The zero-order valence-corrected chi connectivity index (χ0v) is 12.8. The molecule has 112 valence electrons. The number of benzene rings is 1. The molecule has 2 fully saturated rings. The van der Waals surface area contributed by atoms with Crippen molar-refractivity contribution in [3.8, 4) is 0 Å². The van der Waals surface area contributed by atoms with Crippen molar-refractivity contribution >= 4 is 33.6 Å². The molecule has 1 aromatic rings. The number of nitrogens with one attached hydrogen (secondary N) is 1. The highest BCUT2D eigenvalue weighted by atomic mass is 79.9. The smallest absolute Gasteiger partial charge is 0.335 e. The van der Waals surface area contributed by atoms with E-state index < -0.39 is 5.97 Å². The summed E-state index contributed by atoms with van der Waals surface area (Å²) in [7, 11) is 0. The van der Waals surface area contributed by atoms with Crippen LogP contribution in [-0.4, -0.2) is 47.3 Å². The van der Waals surface area contributed by atoms with Gasteiger partial charge in [-0.05, 0) is 47.0 Å². The molecule has 7 heteroatoms. The van der Waals surface area contributed by atoms with E-state index >= 15 is 0 Å². The molecule has 0 saturated carbocycles. The number of carbonyl (C=O) groups is 2. The molecule has 2 atom stereocenters. The van der Waals surface area contributed by atoms with E-state index in [0.29, 0.717) is 23.2 Å². The summed E-state index contributed by atoms with van der Waals surface area (Å²) < 4.78 is 6.25. The van der Waals surface area contributed by atoms with Crippen LogP contribution >= 0.6 is 15.9 Å². The SMILES string of the molecule is O=C(O)c1ccc(NC(=O)N2CC3CCC(C2)O3)c(Br)c1. The van der Waals surface area contributed by atoms with E-state index in [2.05, 4.69) is 21.2 Å². The number of carboxylic acids is 1. The van der Waals surface area contributed by atoms with Crippen molar-refractivity contribution in [3.63, 3.8) is 0 Å². The number of aromatic carboxylic acids is 1. The van der Waals surface area contributed by atoms with E-state index in [1.54, 1.807) is 11.0 Å². The number of hydrogen-bond acceptors (Lipinski definition) is 3. The second-order valence-corrected chi connectivity index (χ2v) is 6.15. The second-order valence-electron chi connectivity index (χ2n) is 5.29. The number of ether oxygens (including phenoxy) is 1. The van der Waals surface area contributed by atoms with Gasteiger partial charge in [0.05, 0.1) is 23.5 Å². The minimum absolute atomic E-state index is 0.146. The summed E-state index contributed by atoms with van der Waals surface area (Å²) in [6, 6.07) is 4.34. The Bertz CT molecular complexity index is 580. The summed E-state index contributed by atoms with van der Waals surface area (Å²) in [4.78, 5) is 24.9. The maximum Gasteiger partial charge on any atom is 0.335 e. The Kier molecular flexibility index (Phi) is 3.86. The molecule has 2 amide bonds. The molecule has 2 aliphatic rings. The molecule has 21 heavy (non-hydrogen) atoms. The lowest BCUT2D eigenvalue weighted by molar-refractivity contribution is -0.0219. The van der Waals surface area contributed by atoms with Gasteiger partial charge in [0.1, 0.15) is 0 Å². The highest BCUT2D eigenvalue weighted by molar-refractivity contribution is 9.10. The van der Waals surface area contributed by atoms with Crippen LogP contribution in [0.3, 0.4) is 0 Å². The van der Waals surface area contributed by atoms with Crippen molar-refractivity contribution in [2.75, 3.05) is 18.4 Å². The summed E-state index contributed by atoms with van der Waals surface area (Å²) in [6.45, 7) is 1.21. The summed E-state index contributed by atoms with van der Waals surface area (Å²) in [5, 5.41) is 11.7. The van der Waals surface area contributed by atoms with Crippen molar-refractivity contribution in [1.29, 1.82) is 0 Å². The van der Waals surface area contributed by atoms with E-state index in [-0.39, 0.29) is 23.8 Å². The third-order valence-corrected chi connectivity index (χ3v) is 4.44. The third-order valence-electron chi connectivity index (χ3n) is 3.79. The van der Waals surface area contributed by atoms with Crippen molar-refractivity contribution in [3.05, 3.63) is 28.2 Å². The van der Waals surface area contributed by atoms with Crippen molar-refractivity contribution in [1.82, 2.24) is 4.90 Å². The zero-order valence-electron chi connectivity index (χ0n) is 11.2. The number of anilines is 1. The molecule has 2 N–H and O–H groups in total. The predicted molar refractivity (Wildman–Crippen MR) is 79.6 cm³/mol. The van der Waals surface area contributed by atoms with E-state index in [0.717, 1.165) is 12.8 Å². The average Bonchev–Trinajstić information content (AvgIpc) is 2.79. The van der Waals surface area contributed by atoms with Gasteiger partial charge < -0.3 is 20.1 Å². The first-order valence-corrected chi connectivity index (χ1v) is 7.56. The van der Waals surface area contributed by atoms with Gasteiger partial charge in [-0.2, -0.15) is 0 Å². The molecule has 0 aromatic heterocycles. The van der Waals surface area contributed by atoms with Crippen LogP contribution in [0.1, 0.15) is 23.2 Å². The van der Waals surface area contributed by atoms with E-state index in [4.69, 9.17) is 9.84 Å². The molecular weight excluding hydrogens is 340 g/mol. The Morgan fingerprint density at radius 1 is 1.29 bits per heavy atom. The van der Waals surface area contributed by atoms with Gasteiger partial charge in [0.15, 0.2) is 0 Å². The van der Waals surface area contributed by atoms with Crippen LogP contribution in [0.4, 0.5) is 10.5 Å². The van der Waals surface area contributed by atoms with Gasteiger partial charge in [-0.15, -0.1) is 0 Å². The van der Waals surface area contributed by atoms with Crippen LogP contribution < -0.4 is 5.32 Å². The first kappa shape index (κ1) is 14.3. The Balaban J connectivity index is 1.68. The van der Waals surface area contributed by atoms with Gasteiger partial charge in [0, 0.05) is 17.6 Å². The van der Waals surface area contributed by atoms with Gasteiger partial charge >= 0.3 is 12.0 Å². The minimum atomic E-state index is -1.00. The molecule has 2 heterocycles. The fraction of sp³-hybridized carbons (Fsp3) is 0.429. The van der Waals surface area contributed by atoms with Crippen LogP contribution in [0.25, 0.3) is 0 Å². The van der Waals surface area contributed by atoms with Gasteiger partial charge in [-0.1, -0.05) is 0 Å². The lowest BCUT2D eigenvalue weighted by Crippen LogP contribution is -2.47. The molecule has 0 aliphatic carbocycles. The lowest BCUT2D eigenvalue weighted by atomic mass is 10.2. The molecule has 2 aliphatic heterocycles. The number of morpholine rings is 1. The first-order valence-electron chi connectivity index (χ1n) is 6.77. The standard InChI is InChI=1S/C14H15BrN2O4/c15-11-5-8(13(18)19)1-4-12(11)16-14(20)17-6-9-2-3-10(7-17)21-9/h1,4-5,9-10H,2-3,6-7H2,(H,16,20)(H,18,19). The number of rotatable bonds is 2. The molecule has 3 rings (SSSR count). The van der Waals surface area contributed by atoms with Crippen LogP contribution in [0.15, 0.2) is 22.7 Å². The first-order chi connectivity index (χ1) is 10.0. The zero-order chi connectivity index (χ0) is 15.0. The second kappa shape index (κ2) is 5.65. The van der Waals surface area contributed by atoms with Gasteiger partial charge in [-0.25, -0.2) is 9.59 Å². The van der Waals surface area contributed by atoms with E-state index in [9.17, 15) is 9.59 Å². The number of nitrogens with zero attached hydrogens (tertiary/aromatic N) is 1. The fourth-order valence-corrected chi connectivity index (χ4v) is 3.20. The van der Waals surface area contributed by atoms with Crippen LogP contribution in [-0.2, 0) is 4.74 Å². The van der Waals surface area contributed by atoms with Crippen LogP contribution in [0, 0.1) is 0 Å². The fourth-order valence-electron chi connectivity index (χ4n) is 2.72. The summed E-state index contributed by atoms with van der Waals surface area (Å²) in [5.74, 6) is -1.00. The molecule has 2 saturated heterocycles. The minimum Gasteiger partial charge on any atom is -0.478 e. The number of likely N-dealkylation sites (tertiary alicyclic amines) is 1. The van der Waals surface area contributed by atoms with Crippen LogP contribution in [0.5, 0.6) is 0 Å². The number of halogens is 1. The lowest BCUT2D eigenvalue weighted by Gasteiger charge is -2.32. The Morgan fingerprint density at radius 2 is 1.95 bits per heavy atom. The van der Waals surface area contributed by atoms with Crippen molar-refractivity contribution in [2.45, 2.75) is 25.0 Å². The molecule has 2 bridgehead atoms. The number of carbonyl (C=O) groups excluding carboxylic acids is 1. The number of amides is 2. The molecule has 0 spiro atoms. The topological polar surface area (TPSA) is 78.9 Å². The molecule has 1 aromatic carbocycles. The Labute approximate surface area is 130 Å². The molecule has 6 nitrogen and oxygen atoms in total. The molecular formula is C14H15BrN2O4. The predicted octanol–water partition coefficient (Wildman–Crippen LogP) is 2.54. The van der Waals surface area contributed by atoms with Gasteiger partial charge in [0.2, 0.25) is 0 Å². The van der Waals surface area contributed by atoms with E-state index in [1.807, 2.05) is 0 Å². The maximum atomic E-state index is 12.3. The summed E-state index contributed by atoms with van der Waals surface area (Å²) >= 11 is 3.28. The number of fused-ring (bicyclic) bond motifs is 2. The largest absolute Gasteiger partial charge is 0.478 e. The number of urea groups is 1. The summed E-state index contributed by atoms with van der Waals surface area (Å²) in [5.41, 5.74) is 0.730. The van der Waals surface area contributed by atoms with Crippen molar-refractivity contribution < 1.29 is 19.4 Å². The summed E-state index contributed by atoms with van der Waals surface area (Å²) in [6.07, 6.45) is 2.30. The highest BCUT2D eigenvalue weighted by Crippen LogP contribution is 2.28. The molecule has 2 unspecified atom stereocenters. The average molecular weight is 355 g/mol. The highest BCUT2D eigenvalue weighted by Gasteiger charge is 2.35. The van der Waals surface area contributed by atoms with Gasteiger partial charge in [0.25, 0.3) is 0 Å². The van der Waals surface area contributed by atoms with E-state index in [1.165, 1.54) is 12.1 Å². The monoisotopic (exact) mass is 354 g/mol. The van der Waals surface area contributed by atoms with Gasteiger partial charge in [-0.3, -0.25) is 0 Å². The third kappa shape index (κ3) is 3.03.